The normalized spacial score (nSPS) is 12.9. The Morgan fingerprint density at radius 3 is 2.32 bits per heavy atom. The summed E-state index contributed by atoms with van der Waals surface area (Å²) in [7, 11) is 1.73. The number of benzene rings is 2. The van der Waals surface area contributed by atoms with Crippen LogP contribution in [0.2, 0.25) is 0 Å². The van der Waals surface area contributed by atoms with Gasteiger partial charge in [-0.05, 0) is 67.5 Å². The number of carboxylic acids is 1. The highest BCUT2D eigenvalue weighted by Gasteiger charge is 2.28. The molecular formula is C29H36FN3O5. The third-order valence-corrected chi connectivity index (χ3v) is 6.56. The lowest BCUT2D eigenvalue weighted by Crippen LogP contribution is -2.28. The fraction of sp³-hybridized carbons (Fsp3) is 0.414. The lowest BCUT2D eigenvalue weighted by molar-refractivity contribution is -0.139. The minimum absolute atomic E-state index is 0.0836. The lowest BCUT2D eigenvalue weighted by Gasteiger charge is -2.19. The van der Waals surface area contributed by atoms with Gasteiger partial charge in [0.25, 0.3) is 5.91 Å². The number of rotatable bonds is 12. The molecule has 38 heavy (non-hydrogen) atoms. The number of hydrogen-bond donors (Lipinski definition) is 3. The number of hydrogen-bond acceptors (Lipinski definition) is 5. The number of aliphatic carboxylic acids is 1. The van der Waals surface area contributed by atoms with Crippen molar-refractivity contribution < 1.29 is 29.3 Å². The topological polar surface area (TPSA) is 116 Å². The first-order valence-corrected chi connectivity index (χ1v) is 12.7. The Hall–Kier alpha value is -3.56. The first-order valence-electron chi connectivity index (χ1n) is 12.7. The van der Waals surface area contributed by atoms with Crippen LogP contribution in [0.25, 0.3) is 5.69 Å². The van der Waals surface area contributed by atoms with Crippen LogP contribution in [-0.2, 0) is 17.8 Å². The number of aliphatic hydroxyl groups excluding tert-OH is 2. The summed E-state index contributed by atoms with van der Waals surface area (Å²) >= 11 is 0. The standard InChI is InChI=1S/C29H36FN3O5/c1-18(2)27-25(14-13-23(34)15-24(35)16-26(36)37)33(22-11-9-21(30)10-12-22)31-28(27)29(38)32(4)17-20-8-6-5-7-19(20)3/h5-12,18,23-24,34-35H,13-17H2,1-4H3,(H,36,37)/t23-,24-/m1/s1. The van der Waals surface area contributed by atoms with Crippen molar-refractivity contribution in [3.05, 3.63) is 82.4 Å². The van der Waals surface area contributed by atoms with E-state index in [9.17, 15) is 24.2 Å². The minimum atomic E-state index is -1.17. The number of amides is 1. The number of carbonyl (C=O) groups is 2. The van der Waals surface area contributed by atoms with Gasteiger partial charge in [-0.15, -0.1) is 0 Å². The molecule has 3 aromatic rings. The van der Waals surface area contributed by atoms with Crippen LogP contribution in [0.5, 0.6) is 0 Å². The van der Waals surface area contributed by atoms with Crippen molar-refractivity contribution in [3.8, 4) is 5.69 Å². The zero-order valence-electron chi connectivity index (χ0n) is 22.3. The van der Waals surface area contributed by atoms with Crippen molar-refractivity contribution >= 4 is 11.9 Å². The van der Waals surface area contributed by atoms with Gasteiger partial charge in [-0.1, -0.05) is 38.1 Å². The van der Waals surface area contributed by atoms with Crippen molar-refractivity contribution in [2.45, 2.75) is 71.1 Å². The zero-order valence-corrected chi connectivity index (χ0v) is 22.3. The molecule has 8 nitrogen and oxygen atoms in total. The average Bonchev–Trinajstić information content (AvgIpc) is 3.23. The van der Waals surface area contributed by atoms with E-state index in [1.807, 2.05) is 45.0 Å². The second-order valence-corrected chi connectivity index (χ2v) is 10.0. The molecule has 0 aliphatic rings. The van der Waals surface area contributed by atoms with E-state index in [2.05, 4.69) is 5.10 Å². The number of nitrogens with zero attached hydrogens (tertiary/aromatic N) is 3. The van der Waals surface area contributed by atoms with E-state index >= 15 is 0 Å². The predicted molar refractivity (Wildman–Crippen MR) is 142 cm³/mol. The Bertz CT molecular complexity index is 1260. The van der Waals surface area contributed by atoms with Gasteiger partial charge in [0, 0.05) is 24.8 Å². The number of aryl methyl sites for hydroxylation is 1. The summed E-state index contributed by atoms with van der Waals surface area (Å²) in [6.45, 7) is 6.32. The lowest BCUT2D eigenvalue weighted by atomic mass is 9.95. The zero-order chi connectivity index (χ0) is 28.0. The molecule has 204 valence electrons. The highest BCUT2D eigenvalue weighted by molar-refractivity contribution is 5.94. The van der Waals surface area contributed by atoms with E-state index in [-0.39, 0.29) is 30.4 Å². The molecule has 0 spiro atoms. The van der Waals surface area contributed by atoms with Crippen LogP contribution in [-0.4, -0.2) is 61.1 Å². The van der Waals surface area contributed by atoms with E-state index in [0.29, 0.717) is 24.3 Å². The third kappa shape index (κ3) is 7.26. The molecule has 1 aromatic heterocycles. The summed E-state index contributed by atoms with van der Waals surface area (Å²) in [6, 6.07) is 13.6. The third-order valence-electron chi connectivity index (χ3n) is 6.56. The second-order valence-electron chi connectivity index (χ2n) is 10.0. The van der Waals surface area contributed by atoms with Crippen molar-refractivity contribution in [3.63, 3.8) is 0 Å². The van der Waals surface area contributed by atoms with E-state index in [1.165, 1.54) is 12.1 Å². The van der Waals surface area contributed by atoms with Crippen molar-refractivity contribution in [1.29, 1.82) is 0 Å². The molecule has 0 fully saturated rings. The summed E-state index contributed by atoms with van der Waals surface area (Å²) in [5.41, 5.74) is 4.39. The van der Waals surface area contributed by atoms with Crippen molar-refractivity contribution in [2.24, 2.45) is 0 Å². The van der Waals surface area contributed by atoms with Crippen LogP contribution in [0, 0.1) is 12.7 Å². The Morgan fingerprint density at radius 1 is 1.05 bits per heavy atom. The molecule has 9 heteroatoms. The van der Waals surface area contributed by atoms with Crippen LogP contribution in [0.3, 0.4) is 0 Å². The van der Waals surface area contributed by atoms with Gasteiger partial charge >= 0.3 is 5.97 Å². The molecule has 0 bridgehead atoms. The number of aromatic nitrogens is 2. The quantitative estimate of drug-likeness (QED) is 0.326. The van der Waals surface area contributed by atoms with Crippen LogP contribution in [0.15, 0.2) is 48.5 Å². The first-order chi connectivity index (χ1) is 18.0. The van der Waals surface area contributed by atoms with E-state index < -0.39 is 30.4 Å². The minimum Gasteiger partial charge on any atom is -0.481 e. The van der Waals surface area contributed by atoms with Gasteiger partial charge in [0.15, 0.2) is 5.69 Å². The first kappa shape index (κ1) is 29.0. The molecule has 1 heterocycles. The molecular weight excluding hydrogens is 489 g/mol. The average molecular weight is 526 g/mol. The van der Waals surface area contributed by atoms with E-state index in [4.69, 9.17) is 5.11 Å². The second kappa shape index (κ2) is 12.8. The molecule has 0 aliphatic carbocycles. The largest absolute Gasteiger partial charge is 0.481 e. The summed E-state index contributed by atoms with van der Waals surface area (Å²) < 4.78 is 15.3. The maximum absolute atomic E-state index is 13.7. The number of aliphatic hydroxyl groups is 2. The molecule has 0 saturated heterocycles. The summed E-state index contributed by atoms with van der Waals surface area (Å²) in [5, 5.41) is 34.0. The van der Waals surface area contributed by atoms with Crippen molar-refractivity contribution in [2.75, 3.05) is 7.05 Å². The van der Waals surface area contributed by atoms with Crippen LogP contribution >= 0.6 is 0 Å². The Balaban J connectivity index is 1.96. The Labute approximate surface area is 222 Å². The number of carboxylic acid groups (broad SMARTS) is 1. The molecule has 1 amide bonds. The highest BCUT2D eigenvalue weighted by atomic mass is 19.1. The van der Waals surface area contributed by atoms with Crippen LogP contribution in [0.1, 0.15) is 71.9 Å². The summed E-state index contributed by atoms with van der Waals surface area (Å²) in [6.07, 6.45) is -2.12. The Morgan fingerprint density at radius 2 is 1.71 bits per heavy atom. The van der Waals surface area contributed by atoms with Gasteiger partial charge in [0.1, 0.15) is 5.82 Å². The molecule has 3 rings (SSSR count). The summed E-state index contributed by atoms with van der Waals surface area (Å²) in [4.78, 5) is 26.1. The smallest absolute Gasteiger partial charge is 0.305 e. The van der Waals surface area contributed by atoms with Gasteiger partial charge in [-0.3, -0.25) is 9.59 Å². The molecule has 3 N–H and O–H groups in total. The highest BCUT2D eigenvalue weighted by Crippen LogP contribution is 2.29. The molecule has 2 aromatic carbocycles. The van der Waals surface area contributed by atoms with Gasteiger partial charge in [0.2, 0.25) is 0 Å². The number of halogens is 1. The van der Waals surface area contributed by atoms with Gasteiger partial charge in [0.05, 0.1) is 24.3 Å². The van der Waals surface area contributed by atoms with Gasteiger partial charge < -0.3 is 20.2 Å². The van der Waals surface area contributed by atoms with Gasteiger partial charge in [-0.2, -0.15) is 5.10 Å². The van der Waals surface area contributed by atoms with E-state index in [1.54, 1.807) is 28.8 Å². The fourth-order valence-corrected chi connectivity index (χ4v) is 4.58. The molecule has 0 saturated carbocycles. The number of carbonyl (C=O) groups excluding carboxylic acids is 1. The molecule has 0 aliphatic heterocycles. The maximum atomic E-state index is 13.7. The monoisotopic (exact) mass is 525 g/mol. The van der Waals surface area contributed by atoms with Crippen LogP contribution in [0.4, 0.5) is 4.39 Å². The van der Waals surface area contributed by atoms with E-state index in [0.717, 1.165) is 16.7 Å². The predicted octanol–water partition coefficient (Wildman–Crippen LogP) is 4.23. The Kier molecular flexibility index (Phi) is 9.77. The maximum Gasteiger partial charge on any atom is 0.305 e. The molecule has 0 radical (unpaired) electrons. The summed E-state index contributed by atoms with van der Waals surface area (Å²) in [5.74, 6) is -1.88. The van der Waals surface area contributed by atoms with Crippen molar-refractivity contribution in [1.82, 2.24) is 14.7 Å². The molecule has 0 unspecified atom stereocenters. The fourth-order valence-electron chi connectivity index (χ4n) is 4.58. The molecule has 2 atom stereocenters. The van der Waals surface area contributed by atoms with Gasteiger partial charge in [-0.25, -0.2) is 9.07 Å². The van der Waals surface area contributed by atoms with Crippen LogP contribution < -0.4 is 0 Å². The SMILES string of the molecule is Cc1ccccc1CN(C)C(=O)c1nn(-c2ccc(F)cc2)c(CC[C@@H](O)C[C@@H](O)CC(=O)O)c1C(C)C.